The van der Waals surface area contributed by atoms with Crippen molar-refractivity contribution >= 4 is 0 Å². The van der Waals surface area contributed by atoms with Gasteiger partial charge in [0.05, 0.1) is 12.0 Å². The van der Waals surface area contributed by atoms with E-state index in [-0.39, 0.29) is 6.61 Å². The molecule has 0 saturated heterocycles. The molecule has 2 atom stereocenters. The average molecular weight is 380 g/mol. The number of imidazole rings is 1. The van der Waals surface area contributed by atoms with E-state index >= 15 is 0 Å². The van der Waals surface area contributed by atoms with Gasteiger partial charge in [-0.15, -0.1) is 0 Å². The van der Waals surface area contributed by atoms with Crippen LogP contribution in [0.3, 0.4) is 0 Å². The number of aromatic nitrogens is 2. The maximum absolute atomic E-state index is 9.50. The minimum absolute atomic E-state index is 0.235. The van der Waals surface area contributed by atoms with Crippen LogP contribution < -0.4 is 0 Å². The molecule has 4 aromatic rings. The van der Waals surface area contributed by atoms with Crippen molar-refractivity contribution in [1.29, 1.82) is 0 Å². The summed E-state index contributed by atoms with van der Waals surface area (Å²) >= 11 is 0. The number of aliphatic hydroxyl groups excluding tert-OH is 1. The van der Waals surface area contributed by atoms with Gasteiger partial charge in [0.25, 0.3) is 0 Å². The van der Waals surface area contributed by atoms with Crippen molar-refractivity contribution in [2.24, 2.45) is 5.92 Å². The predicted molar refractivity (Wildman–Crippen MR) is 115 cm³/mol. The Kier molecular flexibility index (Phi) is 4.53. The SMILES string of the molecule is OCC1CC1c1cn(C(c2ccccc2)(c2ccccc2)c2ccccc2)cn1. The van der Waals surface area contributed by atoms with E-state index in [2.05, 4.69) is 102 Å². The largest absolute Gasteiger partial charge is 0.396 e. The van der Waals surface area contributed by atoms with Gasteiger partial charge in [-0.1, -0.05) is 91.0 Å². The molecule has 1 aliphatic rings. The van der Waals surface area contributed by atoms with E-state index in [4.69, 9.17) is 4.98 Å². The fraction of sp³-hybridized carbons (Fsp3) is 0.192. The first-order valence-electron chi connectivity index (χ1n) is 10.2. The summed E-state index contributed by atoms with van der Waals surface area (Å²) < 4.78 is 2.25. The van der Waals surface area contributed by atoms with Gasteiger partial charge in [0.2, 0.25) is 0 Å². The van der Waals surface area contributed by atoms with Gasteiger partial charge in [-0.25, -0.2) is 4.98 Å². The molecule has 1 N–H and O–H groups in total. The fourth-order valence-electron chi connectivity index (χ4n) is 4.51. The predicted octanol–water partition coefficient (Wildman–Crippen LogP) is 4.82. The molecule has 3 nitrogen and oxygen atoms in total. The number of nitrogens with zero attached hydrogens (tertiary/aromatic N) is 2. The van der Waals surface area contributed by atoms with Crippen LogP contribution in [-0.2, 0) is 5.54 Å². The zero-order chi connectivity index (χ0) is 19.7. The summed E-state index contributed by atoms with van der Waals surface area (Å²) in [7, 11) is 0. The summed E-state index contributed by atoms with van der Waals surface area (Å²) in [6.45, 7) is 0.235. The third-order valence-corrected chi connectivity index (χ3v) is 6.10. The zero-order valence-corrected chi connectivity index (χ0v) is 16.2. The van der Waals surface area contributed by atoms with Crippen molar-refractivity contribution in [3.8, 4) is 0 Å². The lowest BCUT2D eigenvalue weighted by Gasteiger charge is -2.37. The van der Waals surface area contributed by atoms with E-state index in [1.165, 1.54) is 16.7 Å². The lowest BCUT2D eigenvalue weighted by Crippen LogP contribution is -2.36. The number of aliphatic hydroxyl groups is 1. The molecule has 1 heterocycles. The zero-order valence-electron chi connectivity index (χ0n) is 16.2. The summed E-state index contributed by atoms with van der Waals surface area (Å²) in [4.78, 5) is 4.77. The van der Waals surface area contributed by atoms with Crippen molar-refractivity contribution < 1.29 is 5.11 Å². The fourth-order valence-corrected chi connectivity index (χ4v) is 4.51. The second kappa shape index (κ2) is 7.34. The van der Waals surface area contributed by atoms with E-state index in [1.54, 1.807) is 0 Å². The smallest absolute Gasteiger partial charge is 0.121 e. The summed E-state index contributed by atoms with van der Waals surface area (Å²) in [6, 6.07) is 31.9. The van der Waals surface area contributed by atoms with Crippen LogP contribution in [0.1, 0.15) is 34.7 Å². The lowest BCUT2D eigenvalue weighted by atomic mass is 9.77. The van der Waals surface area contributed by atoms with Crippen LogP contribution in [0, 0.1) is 5.92 Å². The maximum atomic E-state index is 9.50. The van der Waals surface area contributed by atoms with Crippen molar-refractivity contribution in [3.63, 3.8) is 0 Å². The molecule has 0 bridgehead atoms. The molecular weight excluding hydrogens is 356 g/mol. The molecule has 1 fully saturated rings. The topological polar surface area (TPSA) is 38.0 Å². The number of rotatable bonds is 6. The Balaban J connectivity index is 1.77. The van der Waals surface area contributed by atoms with Gasteiger partial charge in [-0.2, -0.15) is 0 Å². The van der Waals surface area contributed by atoms with E-state index in [9.17, 15) is 5.11 Å². The minimum Gasteiger partial charge on any atom is -0.396 e. The number of hydrogen-bond donors (Lipinski definition) is 1. The second-order valence-corrected chi connectivity index (χ2v) is 7.80. The molecule has 144 valence electrons. The Morgan fingerprint density at radius 3 is 1.69 bits per heavy atom. The van der Waals surface area contributed by atoms with E-state index in [1.807, 2.05) is 6.33 Å². The Labute approximate surface area is 171 Å². The molecule has 0 radical (unpaired) electrons. The molecule has 3 aromatic carbocycles. The summed E-state index contributed by atoms with van der Waals surface area (Å²) in [6.07, 6.45) is 5.14. The van der Waals surface area contributed by atoms with Crippen LogP contribution >= 0.6 is 0 Å². The average Bonchev–Trinajstić information content (AvgIpc) is 3.44. The highest BCUT2D eigenvalue weighted by Gasteiger charge is 2.42. The van der Waals surface area contributed by atoms with E-state index in [0.29, 0.717) is 11.8 Å². The molecule has 3 heteroatoms. The Bertz CT molecular complexity index is 977. The van der Waals surface area contributed by atoms with E-state index in [0.717, 1.165) is 12.1 Å². The summed E-state index contributed by atoms with van der Waals surface area (Å²) in [5.41, 5.74) is 4.12. The Morgan fingerprint density at radius 1 is 0.793 bits per heavy atom. The maximum Gasteiger partial charge on any atom is 0.121 e. The van der Waals surface area contributed by atoms with Gasteiger partial charge in [-0.3, -0.25) is 0 Å². The normalized spacial score (nSPS) is 18.5. The van der Waals surface area contributed by atoms with E-state index < -0.39 is 5.54 Å². The standard InChI is InChI=1S/C26H24N2O/c29-18-20-16-24(20)25-17-28(19-27-25)26(21-10-4-1-5-11-21,22-12-6-2-7-13-22)23-14-8-3-9-15-23/h1-15,17,19-20,24,29H,16,18H2. The van der Waals surface area contributed by atoms with Crippen molar-refractivity contribution in [2.75, 3.05) is 6.61 Å². The highest BCUT2D eigenvalue weighted by molar-refractivity contribution is 5.50. The Hall–Kier alpha value is -3.17. The van der Waals surface area contributed by atoms with Crippen LogP contribution in [-0.4, -0.2) is 21.3 Å². The first-order valence-corrected chi connectivity index (χ1v) is 10.2. The van der Waals surface area contributed by atoms with Gasteiger partial charge in [-0.05, 0) is 29.0 Å². The van der Waals surface area contributed by atoms with Gasteiger partial charge >= 0.3 is 0 Å². The third kappa shape index (κ3) is 2.99. The highest BCUT2D eigenvalue weighted by atomic mass is 16.3. The molecule has 1 saturated carbocycles. The molecule has 5 rings (SSSR count). The van der Waals surface area contributed by atoms with Crippen LogP contribution in [0.5, 0.6) is 0 Å². The van der Waals surface area contributed by atoms with Crippen molar-refractivity contribution in [1.82, 2.24) is 9.55 Å². The number of hydrogen-bond acceptors (Lipinski definition) is 2. The molecule has 1 aliphatic carbocycles. The monoisotopic (exact) mass is 380 g/mol. The quantitative estimate of drug-likeness (QED) is 0.487. The van der Waals surface area contributed by atoms with Crippen LogP contribution in [0.25, 0.3) is 0 Å². The van der Waals surface area contributed by atoms with Crippen LogP contribution in [0.2, 0.25) is 0 Å². The first kappa shape index (κ1) is 17.9. The van der Waals surface area contributed by atoms with Gasteiger partial charge < -0.3 is 9.67 Å². The van der Waals surface area contributed by atoms with Crippen molar-refractivity contribution in [2.45, 2.75) is 17.9 Å². The molecule has 0 amide bonds. The van der Waals surface area contributed by atoms with Crippen molar-refractivity contribution in [3.05, 3.63) is 126 Å². The summed E-state index contributed by atoms with van der Waals surface area (Å²) in [5.74, 6) is 0.708. The molecular formula is C26H24N2O. The molecule has 2 unspecified atom stereocenters. The molecule has 0 aliphatic heterocycles. The molecule has 29 heavy (non-hydrogen) atoms. The van der Waals surface area contributed by atoms with Crippen LogP contribution in [0.4, 0.5) is 0 Å². The van der Waals surface area contributed by atoms with Gasteiger partial charge in [0.15, 0.2) is 0 Å². The highest BCUT2D eigenvalue weighted by Crippen LogP contribution is 2.47. The van der Waals surface area contributed by atoms with Gasteiger partial charge in [0.1, 0.15) is 5.54 Å². The lowest BCUT2D eigenvalue weighted by molar-refractivity contribution is 0.273. The molecule has 1 aromatic heterocycles. The third-order valence-electron chi connectivity index (χ3n) is 6.10. The molecule has 0 spiro atoms. The number of benzene rings is 3. The Morgan fingerprint density at radius 2 is 1.28 bits per heavy atom. The first-order chi connectivity index (χ1) is 14.3. The van der Waals surface area contributed by atoms with Gasteiger partial charge in [0, 0.05) is 18.7 Å². The van der Waals surface area contributed by atoms with Crippen LogP contribution in [0.15, 0.2) is 104 Å². The second-order valence-electron chi connectivity index (χ2n) is 7.80. The summed E-state index contributed by atoms with van der Waals surface area (Å²) in [5, 5.41) is 9.50. The minimum atomic E-state index is -0.515.